The first-order valence-corrected chi connectivity index (χ1v) is 25.9. The van der Waals surface area contributed by atoms with Gasteiger partial charge in [-0.2, -0.15) is 0 Å². The van der Waals surface area contributed by atoms with E-state index in [1.165, 1.54) is 33.3 Å². The molecular weight excluding hydrogens is 912 g/mol. The van der Waals surface area contributed by atoms with Crippen LogP contribution in [0.5, 0.6) is 11.5 Å². The Hall–Kier alpha value is -6.76. The van der Waals surface area contributed by atoms with Gasteiger partial charge in [0.1, 0.15) is 24.6 Å². The van der Waals surface area contributed by atoms with Gasteiger partial charge in [0.25, 0.3) is 11.8 Å². The Morgan fingerprint density at radius 3 is 2.25 bits per heavy atom. The lowest BCUT2D eigenvalue weighted by atomic mass is 9.81. The van der Waals surface area contributed by atoms with E-state index in [2.05, 4.69) is 31.8 Å². The third-order valence-corrected chi connectivity index (χ3v) is 16.2. The molecule has 6 aliphatic heterocycles. The van der Waals surface area contributed by atoms with E-state index >= 15 is 0 Å². The molecule has 2 amide bonds. The Balaban J connectivity index is 0.790. The number of fused-ring (bicyclic) bond motifs is 5. The van der Waals surface area contributed by atoms with Gasteiger partial charge >= 0.3 is 0 Å². The first-order valence-electron chi connectivity index (χ1n) is 25.5. The number of rotatable bonds is 9. The molecule has 0 aliphatic carbocycles. The molecule has 362 valence electrons. The minimum Gasteiger partial charge on any atom is -0.545 e. The van der Waals surface area contributed by atoms with Gasteiger partial charge in [-0.1, -0.05) is 29.3 Å². The van der Waals surface area contributed by atoms with E-state index in [0.717, 1.165) is 133 Å². The van der Waals surface area contributed by atoms with E-state index in [1.807, 2.05) is 36.9 Å². The number of anilines is 1. The molecule has 5 aromatic carbocycles. The van der Waals surface area contributed by atoms with Crippen molar-refractivity contribution in [3.8, 4) is 11.5 Å². The fraction of sp³-hybridized carbons (Fsp3) is 0.362. The fourth-order valence-corrected chi connectivity index (χ4v) is 12.7. The number of benzene rings is 5. The number of ether oxygens (including phenoxy) is 1. The van der Waals surface area contributed by atoms with Crippen LogP contribution in [0.25, 0.3) is 16.5 Å². The Labute approximate surface area is 417 Å². The summed E-state index contributed by atoms with van der Waals surface area (Å²) in [5.74, 6) is -0.0837. The predicted octanol–water partition coefficient (Wildman–Crippen LogP) is 5.52. The first kappa shape index (κ1) is 45.4. The Bertz CT molecular complexity index is 3400. The summed E-state index contributed by atoms with van der Waals surface area (Å²) in [7, 11) is 0. The maximum absolute atomic E-state index is 14.6. The number of amides is 2. The highest BCUT2D eigenvalue weighted by molar-refractivity contribution is 6.30. The number of piperazine rings is 1. The summed E-state index contributed by atoms with van der Waals surface area (Å²) in [4.78, 5) is 61.7. The second-order valence-corrected chi connectivity index (χ2v) is 20.7. The average Bonchev–Trinajstić information content (AvgIpc) is 3.64. The smallest absolute Gasteiger partial charge is 0.262 e. The van der Waals surface area contributed by atoms with Gasteiger partial charge in [0.05, 0.1) is 23.5 Å². The number of carboxylic acids is 1. The van der Waals surface area contributed by atoms with Crippen LogP contribution in [-0.2, 0) is 36.9 Å². The number of nitrogens with zero attached hydrogens (tertiary/aromatic N) is 5. The molecule has 1 N–H and O–H groups in total. The van der Waals surface area contributed by atoms with Crippen molar-refractivity contribution in [3.63, 3.8) is 0 Å². The van der Waals surface area contributed by atoms with Crippen LogP contribution in [0.3, 0.4) is 0 Å². The van der Waals surface area contributed by atoms with Crippen molar-refractivity contribution < 1.29 is 29.0 Å². The van der Waals surface area contributed by atoms with Crippen molar-refractivity contribution in [3.05, 3.63) is 155 Å². The molecule has 12 nitrogen and oxygen atoms in total. The fourth-order valence-electron chi connectivity index (χ4n) is 12.6. The SMILES string of the molecule is Cc1ccc2c(c1)c(CC(=O)NCCN1CCN(C(=O)c3ccc(C(=O)[O-])c(C4=c5cc6c7c(c5Oc5c4cc4c8c5CCCN8CCC4)CCC[N+]=7CCC6)c3)CC1)c(C)n2C(=O)c1ccc(Cl)cc1. The van der Waals surface area contributed by atoms with Gasteiger partial charge in [-0.25, -0.2) is 4.58 Å². The van der Waals surface area contributed by atoms with Gasteiger partial charge in [0.2, 0.25) is 11.3 Å². The molecule has 0 spiro atoms. The molecule has 6 aromatic rings. The molecule has 12 rings (SSSR count). The van der Waals surface area contributed by atoms with Crippen LogP contribution in [0, 0.1) is 13.8 Å². The highest BCUT2D eigenvalue weighted by Crippen LogP contribution is 2.49. The number of hydrogen-bond donors (Lipinski definition) is 1. The standard InChI is InChI=1S/C58H57ClN6O6/c1-34-11-18-49-45(29-34)44(35(2)65(49)57(68)36-12-15-40(59)16-13-36)33-50(66)60-19-24-61-25-27-64(28-26-61)56(67)39-14-17-41(58(69)70)46(32-39)51-47-30-37-7-3-20-62-22-5-9-42(52(37)62)54(47)71-55-43-10-6-23-63-21-4-8-38(53(43)63)31-48(51)55/h11-18,29-32H,3-10,19-28,33H2,1-2H3,(H-,60,66,69,70). The van der Waals surface area contributed by atoms with Gasteiger partial charge in [-0.3, -0.25) is 23.9 Å². The van der Waals surface area contributed by atoms with Crippen molar-refractivity contribution in [1.29, 1.82) is 0 Å². The summed E-state index contributed by atoms with van der Waals surface area (Å²) in [5.41, 5.74) is 12.8. The van der Waals surface area contributed by atoms with Gasteiger partial charge in [-0.05, 0) is 130 Å². The molecule has 71 heavy (non-hydrogen) atoms. The van der Waals surface area contributed by atoms with Crippen molar-refractivity contribution >= 4 is 57.5 Å². The van der Waals surface area contributed by atoms with Gasteiger partial charge < -0.3 is 29.8 Å². The minimum absolute atomic E-state index is 0.0608. The average molecular weight is 970 g/mol. The highest BCUT2D eigenvalue weighted by atomic mass is 35.5. The summed E-state index contributed by atoms with van der Waals surface area (Å²) in [6.07, 6.45) is 7.98. The lowest BCUT2D eigenvalue weighted by Gasteiger charge is -2.39. The topological polar surface area (TPSA) is 130 Å². The number of carbonyl (C=O) groups excluding carboxylic acids is 4. The number of aryl methyl sites for hydroxylation is 3. The van der Waals surface area contributed by atoms with Gasteiger partial charge in [0.15, 0.2) is 0 Å². The third-order valence-electron chi connectivity index (χ3n) is 16.0. The zero-order valence-corrected chi connectivity index (χ0v) is 41.2. The number of nitrogens with one attached hydrogen (secondary N) is 1. The summed E-state index contributed by atoms with van der Waals surface area (Å²) in [6.45, 7) is 11.2. The maximum atomic E-state index is 14.6. The van der Waals surface area contributed by atoms with Gasteiger partial charge in [-0.15, -0.1) is 0 Å². The summed E-state index contributed by atoms with van der Waals surface area (Å²) in [5, 5.41) is 19.9. The van der Waals surface area contributed by atoms with Crippen molar-refractivity contribution in [2.45, 2.75) is 71.6 Å². The second kappa shape index (κ2) is 18.1. The number of carboxylic acid groups (broad SMARTS) is 1. The molecule has 0 atom stereocenters. The molecule has 13 heteroatoms. The number of aromatic carboxylic acids is 1. The van der Waals surface area contributed by atoms with Crippen LogP contribution >= 0.6 is 11.6 Å². The first-order chi connectivity index (χ1) is 34.5. The second-order valence-electron chi connectivity index (χ2n) is 20.3. The number of carbonyl (C=O) groups is 4. The summed E-state index contributed by atoms with van der Waals surface area (Å²) >= 11 is 6.11. The lowest BCUT2D eigenvalue weighted by Crippen LogP contribution is -2.50. The summed E-state index contributed by atoms with van der Waals surface area (Å²) in [6, 6.07) is 22.3. The van der Waals surface area contributed by atoms with Crippen LogP contribution in [0.4, 0.5) is 5.69 Å². The van der Waals surface area contributed by atoms with E-state index in [4.69, 9.17) is 16.3 Å². The Morgan fingerprint density at radius 1 is 0.732 bits per heavy atom. The minimum atomic E-state index is -1.28. The molecule has 0 saturated carbocycles. The van der Waals surface area contributed by atoms with Crippen molar-refractivity contribution in [1.82, 2.24) is 24.3 Å². The normalized spacial score (nSPS) is 17.0. The monoisotopic (exact) mass is 968 g/mol. The largest absolute Gasteiger partial charge is 0.545 e. The van der Waals surface area contributed by atoms with Crippen molar-refractivity contribution in [2.24, 2.45) is 0 Å². The molecule has 0 unspecified atom stereocenters. The van der Waals surface area contributed by atoms with Crippen LogP contribution in [0.1, 0.15) is 107 Å². The molecular formula is C58H57ClN6O6. The van der Waals surface area contributed by atoms with E-state index in [1.54, 1.807) is 47.0 Å². The van der Waals surface area contributed by atoms with E-state index in [0.29, 0.717) is 61.0 Å². The lowest BCUT2D eigenvalue weighted by molar-refractivity contribution is -0.255. The van der Waals surface area contributed by atoms with Crippen molar-refractivity contribution in [2.75, 3.05) is 70.3 Å². The molecule has 1 fully saturated rings. The Kier molecular flexibility index (Phi) is 11.6. The molecule has 0 radical (unpaired) electrons. The maximum Gasteiger partial charge on any atom is 0.262 e. The quantitative estimate of drug-likeness (QED) is 0.188. The van der Waals surface area contributed by atoms with Crippen LogP contribution in [-0.4, -0.2) is 104 Å². The number of hydrogen-bond acceptors (Lipinski definition) is 8. The van der Waals surface area contributed by atoms with Crippen LogP contribution in [0.2, 0.25) is 5.02 Å². The number of halogens is 1. The van der Waals surface area contributed by atoms with Crippen LogP contribution < -0.4 is 35.2 Å². The van der Waals surface area contributed by atoms with E-state index in [-0.39, 0.29) is 29.7 Å². The third kappa shape index (κ3) is 7.90. The highest BCUT2D eigenvalue weighted by Gasteiger charge is 2.37. The molecule has 0 bridgehead atoms. The predicted molar refractivity (Wildman–Crippen MR) is 273 cm³/mol. The van der Waals surface area contributed by atoms with E-state index in [9.17, 15) is 24.3 Å². The zero-order valence-electron chi connectivity index (χ0n) is 40.4. The molecule has 1 aromatic heterocycles. The summed E-state index contributed by atoms with van der Waals surface area (Å²) < 4.78 is 11.4. The molecule has 1 saturated heterocycles. The molecule has 6 aliphatic rings. The molecule has 7 heterocycles. The Morgan fingerprint density at radius 2 is 1.46 bits per heavy atom. The van der Waals surface area contributed by atoms with E-state index < -0.39 is 5.97 Å². The number of aromatic nitrogens is 1. The van der Waals surface area contributed by atoms with Gasteiger partial charge in [0, 0.05) is 131 Å². The van der Waals surface area contributed by atoms with Crippen LogP contribution in [0.15, 0.2) is 72.8 Å². The zero-order chi connectivity index (χ0) is 48.7.